The van der Waals surface area contributed by atoms with Crippen LogP contribution in [0.5, 0.6) is 0 Å². The lowest BCUT2D eigenvalue weighted by atomic mass is 10.1. The zero-order chi connectivity index (χ0) is 15.0. The third-order valence-electron chi connectivity index (χ3n) is 3.31. The molecule has 0 fully saturated rings. The molecule has 1 heterocycles. The second-order valence-electron chi connectivity index (χ2n) is 5.04. The van der Waals surface area contributed by atoms with E-state index in [1.807, 2.05) is 49.3 Å². The van der Waals surface area contributed by atoms with Gasteiger partial charge in [-0.05, 0) is 30.3 Å². The average molecular weight is 299 g/mol. The van der Waals surface area contributed by atoms with E-state index in [2.05, 4.69) is 9.97 Å². The summed E-state index contributed by atoms with van der Waals surface area (Å²) in [6.07, 6.45) is 0. The molecule has 0 atom stereocenters. The number of fused-ring (bicyclic) bond motifs is 1. The van der Waals surface area contributed by atoms with Crippen LogP contribution in [0.3, 0.4) is 0 Å². The fourth-order valence-corrected chi connectivity index (χ4v) is 2.35. The van der Waals surface area contributed by atoms with Crippen molar-refractivity contribution in [2.75, 3.05) is 24.7 Å². The van der Waals surface area contributed by atoms with Crippen LogP contribution in [-0.4, -0.2) is 24.1 Å². The highest BCUT2D eigenvalue weighted by Gasteiger charge is 2.08. The van der Waals surface area contributed by atoms with E-state index in [0.717, 1.165) is 22.2 Å². The minimum Gasteiger partial charge on any atom is -0.383 e. The van der Waals surface area contributed by atoms with Crippen LogP contribution >= 0.6 is 11.6 Å². The van der Waals surface area contributed by atoms with Crippen molar-refractivity contribution < 1.29 is 0 Å². The van der Waals surface area contributed by atoms with Gasteiger partial charge in [0.05, 0.1) is 5.52 Å². The maximum atomic E-state index is 6.04. The number of nitrogens with zero attached hydrogens (tertiary/aromatic N) is 3. The number of hydrogen-bond donors (Lipinski definition) is 1. The number of rotatable bonds is 2. The fourth-order valence-electron chi connectivity index (χ4n) is 2.18. The van der Waals surface area contributed by atoms with Crippen LogP contribution in [0.15, 0.2) is 42.5 Å². The van der Waals surface area contributed by atoms with Crippen molar-refractivity contribution in [1.82, 2.24) is 9.97 Å². The molecular weight excluding hydrogens is 284 g/mol. The zero-order valence-corrected chi connectivity index (χ0v) is 12.6. The SMILES string of the molecule is CN(C)c1cccc(-c2nc(N)c3ccc(Cl)cc3n2)c1. The van der Waals surface area contributed by atoms with Crippen molar-refractivity contribution in [2.45, 2.75) is 0 Å². The minimum absolute atomic E-state index is 0.460. The highest BCUT2D eigenvalue weighted by atomic mass is 35.5. The molecule has 5 heteroatoms. The highest BCUT2D eigenvalue weighted by molar-refractivity contribution is 6.31. The number of hydrogen-bond acceptors (Lipinski definition) is 4. The molecule has 21 heavy (non-hydrogen) atoms. The van der Waals surface area contributed by atoms with E-state index in [-0.39, 0.29) is 0 Å². The Kier molecular flexibility index (Phi) is 3.39. The van der Waals surface area contributed by atoms with Gasteiger partial charge >= 0.3 is 0 Å². The maximum absolute atomic E-state index is 6.04. The molecule has 106 valence electrons. The van der Waals surface area contributed by atoms with Gasteiger partial charge in [-0.1, -0.05) is 23.7 Å². The molecule has 3 aromatic rings. The van der Waals surface area contributed by atoms with Gasteiger partial charge in [0.25, 0.3) is 0 Å². The van der Waals surface area contributed by atoms with Crippen LogP contribution in [0.25, 0.3) is 22.3 Å². The van der Waals surface area contributed by atoms with Gasteiger partial charge in [-0.2, -0.15) is 0 Å². The molecule has 2 N–H and O–H groups in total. The van der Waals surface area contributed by atoms with Gasteiger partial charge in [0.15, 0.2) is 5.82 Å². The molecule has 2 aromatic carbocycles. The summed E-state index contributed by atoms with van der Waals surface area (Å²) in [6.45, 7) is 0. The summed E-state index contributed by atoms with van der Waals surface area (Å²) in [6, 6.07) is 13.4. The Morgan fingerprint density at radius 3 is 2.62 bits per heavy atom. The average Bonchev–Trinajstić information content (AvgIpc) is 2.46. The normalized spacial score (nSPS) is 10.8. The van der Waals surface area contributed by atoms with Crippen LogP contribution in [-0.2, 0) is 0 Å². The van der Waals surface area contributed by atoms with Gasteiger partial charge < -0.3 is 10.6 Å². The van der Waals surface area contributed by atoms with Crippen LogP contribution in [0.4, 0.5) is 11.5 Å². The first-order valence-electron chi connectivity index (χ1n) is 6.55. The standard InChI is InChI=1S/C16H15ClN4/c1-21(2)12-5-3-4-10(8-12)16-19-14-9-11(17)6-7-13(14)15(18)20-16/h3-9H,1-2H3,(H2,18,19,20). The second-order valence-corrected chi connectivity index (χ2v) is 5.48. The number of benzene rings is 2. The Morgan fingerprint density at radius 2 is 1.86 bits per heavy atom. The Hall–Kier alpha value is -2.33. The molecule has 4 nitrogen and oxygen atoms in total. The van der Waals surface area contributed by atoms with Gasteiger partial charge in [-0.15, -0.1) is 0 Å². The number of anilines is 2. The zero-order valence-electron chi connectivity index (χ0n) is 11.8. The fraction of sp³-hybridized carbons (Fsp3) is 0.125. The summed E-state index contributed by atoms with van der Waals surface area (Å²) < 4.78 is 0. The van der Waals surface area contributed by atoms with E-state index in [0.29, 0.717) is 16.7 Å². The summed E-state index contributed by atoms with van der Waals surface area (Å²) >= 11 is 6.03. The largest absolute Gasteiger partial charge is 0.383 e. The van der Waals surface area contributed by atoms with Crippen molar-refractivity contribution in [1.29, 1.82) is 0 Å². The smallest absolute Gasteiger partial charge is 0.162 e. The topological polar surface area (TPSA) is 55.0 Å². The molecule has 0 bridgehead atoms. The van der Waals surface area contributed by atoms with Crippen molar-refractivity contribution >= 4 is 34.0 Å². The summed E-state index contributed by atoms with van der Waals surface area (Å²) in [5.41, 5.74) is 8.80. The number of aromatic nitrogens is 2. The van der Waals surface area contributed by atoms with E-state index in [4.69, 9.17) is 17.3 Å². The quantitative estimate of drug-likeness (QED) is 0.785. The summed E-state index contributed by atoms with van der Waals surface area (Å²) in [5, 5.41) is 1.44. The Morgan fingerprint density at radius 1 is 1.05 bits per heavy atom. The highest BCUT2D eigenvalue weighted by Crippen LogP contribution is 2.27. The van der Waals surface area contributed by atoms with Gasteiger partial charge in [-0.3, -0.25) is 0 Å². The van der Waals surface area contributed by atoms with Crippen molar-refractivity contribution in [3.63, 3.8) is 0 Å². The van der Waals surface area contributed by atoms with Crippen LogP contribution in [0, 0.1) is 0 Å². The van der Waals surface area contributed by atoms with E-state index in [1.54, 1.807) is 12.1 Å². The van der Waals surface area contributed by atoms with Gasteiger partial charge in [0, 0.05) is 35.8 Å². The van der Waals surface area contributed by atoms with Crippen LogP contribution in [0.2, 0.25) is 5.02 Å². The van der Waals surface area contributed by atoms with E-state index < -0.39 is 0 Å². The van der Waals surface area contributed by atoms with Gasteiger partial charge in [0.2, 0.25) is 0 Å². The molecule has 0 aliphatic rings. The first kappa shape index (κ1) is 13.6. The predicted molar refractivity (Wildman–Crippen MR) is 88.7 cm³/mol. The number of nitrogens with two attached hydrogens (primary N) is 1. The lowest BCUT2D eigenvalue weighted by Crippen LogP contribution is -2.08. The van der Waals surface area contributed by atoms with E-state index >= 15 is 0 Å². The lowest BCUT2D eigenvalue weighted by Gasteiger charge is -2.13. The lowest BCUT2D eigenvalue weighted by molar-refractivity contribution is 1.13. The molecule has 0 unspecified atom stereocenters. The van der Waals surface area contributed by atoms with E-state index in [9.17, 15) is 0 Å². The molecule has 0 aliphatic heterocycles. The summed E-state index contributed by atoms with van der Waals surface area (Å²) in [5.74, 6) is 1.06. The molecule has 0 spiro atoms. The molecule has 0 aliphatic carbocycles. The predicted octanol–water partition coefficient (Wildman–Crippen LogP) is 3.60. The van der Waals surface area contributed by atoms with Crippen molar-refractivity contribution in [2.24, 2.45) is 0 Å². The molecule has 0 radical (unpaired) electrons. The van der Waals surface area contributed by atoms with Crippen LogP contribution < -0.4 is 10.6 Å². The minimum atomic E-state index is 0.460. The Labute approximate surface area is 128 Å². The maximum Gasteiger partial charge on any atom is 0.162 e. The number of halogens is 1. The Bertz CT molecular complexity index is 814. The van der Waals surface area contributed by atoms with Crippen molar-refractivity contribution in [3.05, 3.63) is 47.5 Å². The first-order valence-corrected chi connectivity index (χ1v) is 6.93. The Balaban J connectivity index is 2.18. The molecular formula is C16H15ClN4. The first-order chi connectivity index (χ1) is 10.0. The van der Waals surface area contributed by atoms with E-state index in [1.165, 1.54) is 0 Å². The van der Waals surface area contributed by atoms with Crippen molar-refractivity contribution in [3.8, 4) is 11.4 Å². The molecule has 3 rings (SSSR count). The second kappa shape index (κ2) is 5.22. The van der Waals surface area contributed by atoms with Crippen LogP contribution in [0.1, 0.15) is 0 Å². The molecule has 1 aromatic heterocycles. The molecule has 0 saturated carbocycles. The molecule has 0 amide bonds. The third-order valence-corrected chi connectivity index (χ3v) is 3.54. The third kappa shape index (κ3) is 2.62. The van der Waals surface area contributed by atoms with Gasteiger partial charge in [0.1, 0.15) is 5.82 Å². The monoisotopic (exact) mass is 298 g/mol. The summed E-state index contributed by atoms with van der Waals surface area (Å²) in [4.78, 5) is 11.0. The summed E-state index contributed by atoms with van der Waals surface area (Å²) in [7, 11) is 3.99. The van der Waals surface area contributed by atoms with Gasteiger partial charge in [-0.25, -0.2) is 9.97 Å². The molecule has 0 saturated heterocycles. The number of nitrogen functional groups attached to an aromatic ring is 1.